The Morgan fingerprint density at radius 1 is 1.08 bits per heavy atom. The summed E-state index contributed by atoms with van der Waals surface area (Å²) in [4.78, 5) is 35.0. The number of nitrogens with one attached hydrogen (secondary N) is 1. The Morgan fingerprint density at radius 3 is 2.35 bits per heavy atom. The summed E-state index contributed by atoms with van der Waals surface area (Å²) in [5.41, 5.74) is 1.25. The van der Waals surface area contributed by atoms with Gasteiger partial charge < -0.3 is 10.1 Å². The number of halogens is 1. The number of carbonyl (C=O) groups is 3. The van der Waals surface area contributed by atoms with Crippen molar-refractivity contribution >= 4 is 29.4 Å². The van der Waals surface area contributed by atoms with E-state index in [0.29, 0.717) is 11.3 Å². The van der Waals surface area contributed by atoms with Crippen LogP contribution in [-0.2, 0) is 14.3 Å². The third-order valence-corrected chi connectivity index (χ3v) is 3.53. The molecule has 0 aliphatic heterocycles. The zero-order chi connectivity index (χ0) is 19.1. The lowest BCUT2D eigenvalue weighted by Gasteiger charge is -2.12. The monoisotopic (exact) mass is 355 g/mol. The Hall–Kier alpha value is -3.28. The maximum Gasteiger partial charge on any atom is 0.331 e. The van der Waals surface area contributed by atoms with Gasteiger partial charge in [-0.25, -0.2) is 9.18 Å². The minimum Gasteiger partial charge on any atom is -0.449 e. The van der Waals surface area contributed by atoms with Crippen molar-refractivity contribution < 1.29 is 23.5 Å². The van der Waals surface area contributed by atoms with Crippen molar-refractivity contribution in [1.29, 1.82) is 0 Å². The van der Waals surface area contributed by atoms with E-state index in [1.807, 2.05) is 0 Å². The molecule has 26 heavy (non-hydrogen) atoms. The first-order chi connectivity index (χ1) is 12.4. The molecule has 1 amide bonds. The SMILES string of the molecule is CC(=O)c1ccc(NC(=O)[C@@H](C)OC(=O)/C=C/c2ccccc2F)cc1. The lowest BCUT2D eigenvalue weighted by atomic mass is 10.1. The number of esters is 1. The molecule has 0 spiro atoms. The van der Waals surface area contributed by atoms with Crippen LogP contribution in [0.1, 0.15) is 29.8 Å². The lowest BCUT2D eigenvalue weighted by Crippen LogP contribution is -2.29. The van der Waals surface area contributed by atoms with Crippen LogP contribution < -0.4 is 5.32 Å². The van der Waals surface area contributed by atoms with Gasteiger partial charge in [0.05, 0.1) is 0 Å². The molecule has 0 fully saturated rings. The second-order valence-electron chi connectivity index (χ2n) is 5.56. The first-order valence-corrected chi connectivity index (χ1v) is 7.92. The van der Waals surface area contributed by atoms with Crippen LogP contribution in [0.2, 0.25) is 0 Å². The van der Waals surface area contributed by atoms with Gasteiger partial charge >= 0.3 is 5.97 Å². The van der Waals surface area contributed by atoms with Gasteiger partial charge in [-0.2, -0.15) is 0 Å². The molecule has 6 heteroatoms. The van der Waals surface area contributed by atoms with Gasteiger partial charge in [-0.1, -0.05) is 18.2 Å². The van der Waals surface area contributed by atoms with Crippen molar-refractivity contribution in [2.24, 2.45) is 0 Å². The molecule has 0 aromatic heterocycles. The molecule has 0 saturated heterocycles. The van der Waals surface area contributed by atoms with E-state index in [1.165, 1.54) is 32.1 Å². The highest BCUT2D eigenvalue weighted by atomic mass is 19.1. The number of rotatable bonds is 6. The molecule has 2 rings (SSSR count). The fourth-order valence-corrected chi connectivity index (χ4v) is 2.07. The maximum atomic E-state index is 13.5. The first kappa shape index (κ1) is 19.1. The highest BCUT2D eigenvalue weighted by molar-refractivity contribution is 5.98. The first-order valence-electron chi connectivity index (χ1n) is 7.92. The van der Waals surface area contributed by atoms with E-state index in [4.69, 9.17) is 4.74 Å². The molecule has 0 bridgehead atoms. The fourth-order valence-electron chi connectivity index (χ4n) is 2.07. The summed E-state index contributed by atoms with van der Waals surface area (Å²) in [6, 6.07) is 12.3. The molecule has 2 aromatic rings. The largest absolute Gasteiger partial charge is 0.449 e. The molecular weight excluding hydrogens is 337 g/mol. The normalized spacial score (nSPS) is 11.8. The number of hydrogen-bond donors (Lipinski definition) is 1. The Kier molecular flexibility index (Phi) is 6.38. The van der Waals surface area contributed by atoms with Gasteiger partial charge in [-0.3, -0.25) is 9.59 Å². The smallest absolute Gasteiger partial charge is 0.331 e. The van der Waals surface area contributed by atoms with Crippen LogP contribution in [0.5, 0.6) is 0 Å². The summed E-state index contributed by atoms with van der Waals surface area (Å²) >= 11 is 0. The minimum absolute atomic E-state index is 0.0770. The highest BCUT2D eigenvalue weighted by Gasteiger charge is 2.16. The van der Waals surface area contributed by atoms with Crippen LogP contribution in [-0.4, -0.2) is 23.8 Å². The highest BCUT2D eigenvalue weighted by Crippen LogP contribution is 2.12. The second kappa shape index (κ2) is 8.71. The number of benzene rings is 2. The van der Waals surface area contributed by atoms with Crippen molar-refractivity contribution in [2.75, 3.05) is 5.32 Å². The molecular formula is C20H18FNO4. The van der Waals surface area contributed by atoms with E-state index in [2.05, 4.69) is 5.32 Å². The topological polar surface area (TPSA) is 72.5 Å². The van der Waals surface area contributed by atoms with Gasteiger partial charge in [0.1, 0.15) is 5.82 Å². The number of ether oxygens (including phenoxy) is 1. The number of Topliss-reactive ketones (excluding diaryl/α,β-unsaturated/α-hetero) is 1. The molecule has 5 nitrogen and oxygen atoms in total. The zero-order valence-corrected chi connectivity index (χ0v) is 14.4. The van der Waals surface area contributed by atoms with Gasteiger partial charge in [0.15, 0.2) is 11.9 Å². The van der Waals surface area contributed by atoms with Crippen LogP contribution in [0.4, 0.5) is 10.1 Å². The molecule has 0 radical (unpaired) electrons. The van der Waals surface area contributed by atoms with Crippen LogP contribution in [0.25, 0.3) is 6.08 Å². The van der Waals surface area contributed by atoms with Crippen molar-refractivity contribution in [3.63, 3.8) is 0 Å². The fraction of sp³-hybridized carbons (Fsp3) is 0.150. The van der Waals surface area contributed by atoms with Crippen LogP contribution in [0, 0.1) is 5.82 Å². The Labute approximate surface area is 150 Å². The molecule has 0 aliphatic carbocycles. The second-order valence-corrected chi connectivity index (χ2v) is 5.56. The minimum atomic E-state index is -1.04. The van der Waals surface area contributed by atoms with E-state index in [0.717, 1.165) is 6.08 Å². The van der Waals surface area contributed by atoms with Crippen molar-refractivity contribution in [3.8, 4) is 0 Å². The summed E-state index contributed by atoms with van der Waals surface area (Å²) in [6.45, 7) is 2.87. The van der Waals surface area contributed by atoms with Crippen LogP contribution in [0.3, 0.4) is 0 Å². The predicted molar refractivity (Wildman–Crippen MR) is 96.1 cm³/mol. The van der Waals surface area contributed by atoms with Gasteiger partial charge in [0.2, 0.25) is 0 Å². The summed E-state index contributed by atoms with van der Waals surface area (Å²) in [6.07, 6.45) is 1.30. The van der Waals surface area contributed by atoms with Gasteiger partial charge in [-0.05, 0) is 50.3 Å². The third-order valence-electron chi connectivity index (χ3n) is 3.53. The zero-order valence-electron chi connectivity index (χ0n) is 14.4. The standard InChI is InChI=1S/C20H18FNO4/c1-13(23)15-7-10-17(11-8-15)22-20(25)14(2)26-19(24)12-9-16-5-3-4-6-18(16)21/h3-12,14H,1-2H3,(H,22,25)/b12-9+/t14-/m1/s1. The molecule has 1 atom stereocenters. The summed E-state index contributed by atoms with van der Waals surface area (Å²) in [7, 11) is 0. The van der Waals surface area contributed by atoms with E-state index in [1.54, 1.807) is 36.4 Å². The molecule has 1 N–H and O–H groups in total. The Morgan fingerprint density at radius 2 is 1.73 bits per heavy atom. The molecule has 2 aromatic carbocycles. The number of amides is 1. The Bertz CT molecular complexity index is 843. The van der Waals surface area contributed by atoms with Gasteiger partial charge in [-0.15, -0.1) is 0 Å². The van der Waals surface area contributed by atoms with Crippen LogP contribution in [0.15, 0.2) is 54.6 Å². The maximum absolute atomic E-state index is 13.5. The molecule has 134 valence electrons. The van der Waals surface area contributed by atoms with E-state index in [9.17, 15) is 18.8 Å². The van der Waals surface area contributed by atoms with Gasteiger partial charge in [0.25, 0.3) is 5.91 Å². The molecule has 0 heterocycles. The number of anilines is 1. The quantitative estimate of drug-likeness (QED) is 0.488. The predicted octanol–water partition coefficient (Wildman–Crippen LogP) is 3.61. The van der Waals surface area contributed by atoms with E-state index in [-0.39, 0.29) is 11.3 Å². The van der Waals surface area contributed by atoms with Crippen molar-refractivity contribution in [3.05, 3.63) is 71.6 Å². The lowest BCUT2D eigenvalue weighted by molar-refractivity contribution is -0.148. The van der Waals surface area contributed by atoms with E-state index < -0.39 is 23.8 Å². The number of carbonyl (C=O) groups excluding carboxylic acids is 3. The molecule has 0 unspecified atom stereocenters. The number of ketones is 1. The van der Waals surface area contributed by atoms with Crippen molar-refractivity contribution in [2.45, 2.75) is 20.0 Å². The van der Waals surface area contributed by atoms with Gasteiger partial charge in [0, 0.05) is 22.9 Å². The summed E-state index contributed by atoms with van der Waals surface area (Å²) in [5.74, 6) is -1.82. The summed E-state index contributed by atoms with van der Waals surface area (Å²) < 4.78 is 18.5. The Balaban J connectivity index is 1.90. The average molecular weight is 355 g/mol. The molecule has 0 aliphatic rings. The number of hydrogen-bond acceptors (Lipinski definition) is 4. The van der Waals surface area contributed by atoms with E-state index >= 15 is 0 Å². The van der Waals surface area contributed by atoms with Crippen molar-refractivity contribution in [1.82, 2.24) is 0 Å². The summed E-state index contributed by atoms with van der Waals surface area (Å²) in [5, 5.41) is 2.58. The molecule has 0 saturated carbocycles. The van der Waals surface area contributed by atoms with Crippen LogP contribution >= 0.6 is 0 Å². The third kappa shape index (κ3) is 5.37. The average Bonchev–Trinajstić information content (AvgIpc) is 2.61.